The molecule has 0 N–H and O–H groups in total. The monoisotopic (exact) mass is 222 g/mol. The van der Waals surface area contributed by atoms with Crippen molar-refractivity contribution in [3.05, 3.63) is 0 Å². The normalized spacial score (nSPS) is 37.6. The maximum absolute atomic E-state index is 9.57. The average molecular weight is 222 g/mol. The molecule has 0 aromatic heterocycles. The molecular weight excluding hydrogens is 200 g/mol. The van der Waals surface area contributed by atoms with Crippen LogP contribution >= 0.6 is 0 Å². The minimum Gasteiger partial charge on any atom is -0.379 e. The first-order valence-corrected chi connectivity index (χ1v) is 6.51. The van der Waals surface area contributed by atoms with E-state index in [1.54, 1.807) is 0 Å². The molecule has 0 aromatic rings. The van der Waals surface area contributed by atoms with Crippen molar-refractivity contribution in [3.8, 4) is 6.07 Å². The second kappa shape index (κ2) is 5.16. The molecule has 16 heavy (non-hydrogen) atoms. The van der Waals surface area contributed by atoms with E-state index in [0.717, 1.165) is 45.1 Å². The van der Waals surface area contributed by atoms with E-state index in [9.17, 15) is 5.26 Å². The molecule has 0 bridgehead atoms. The molecule has 2 unspecified atom stereocenters. The lowest BCUT2D eigenvalue weighted by molar-refractivity contribution is -0.00839. The quantitative estimate of drug-likeness (QED) is 0.638. The molecule has 2 atom stereocenters. The minimum atomic E-state index is -0.186. The van der Waals surface area contributed by atoms with Gasteiger partial charge in [0.2, 0.25) is 0 Å². The van der Waals surface area contributed by atoms with Gasteiger partial charge in [0.25, 0.3) is 0 Å². The fourth-order valence-electron chi connectivity index (χ4n) is 2.99. The Labute approximate surface area is 98.4 Å². The predicted octanol–water partition coefficient (Wildman–Crippen LogP) is 2.18. The van der Waals surface area contributed by atoms with Crippen LogP contribution in [0, 0.1) is 17.2 Å². The summed E-state index contributed by atoms with van der Waals surface area (Å²) in [6, 6.07) is 2.62. The minimum absolute atomic E-state index is 0.186. The zero-order valence-electron chi connectivity index (χ0n) is 10.2. The van der Waals surface area contributed by atoms with Crippen LogP contribution in [0.5, 0.6) is 0 Å². The van der Waals surface area contributed by atoms with Crippen LogP contribution in [-0.2, 0) is 4.74 Å². The lowest BCUT2D eigenvalue weighted by Gasteiger charge is -2.40. The van der Waals surface area contributed by atoms with Crippen molar-refractivity contribution in [2.45, 2.75) is 44.6 Å². The second-order valence-corrected chi connectivity index (χ2v) is 5.28. The van der Waals surface area contributed by atoms with Crippen LogP contribution < -0.4 is 0 Å². The van der Waals surface area contributed by atoms with Crippen LogP contribution in [0.2, 0.25) is 0 Å². The average Bonchev–Trinajstić information content (AvgIpc) is 2.53. The Bertz CT molecular complexity index is 268. The second-order valence-electron chi connectivity index (χ2n) is 5.28. The van der Waals surface area contributed by atoms with Crippen LogP contribution in [0.3, 0.4) is 0 Å². The number of nitriles is 1. The van der Waals surface area contributed by atoms with Crippen molar-refractivity contribution in [3.63, 3.8) is 0 Å². The highest BCUT2D eigenvalue weighted by Crippen LogP contribution is 2.34. The van der Waals surface area contributed by atoms with E-state index < -0.39 is 0 Å². The molecule has 1 saturated carbocycles. The number of hydrogen-bond acceptors (Lipinski definition) is 3. The standard InChI is InChI=1S/C13H22N2O/c1-12-3-2-5-13(11-14,6-4-12)15-7-9-16-10-8-15/h12H,2-10H2,1H3. The van der Waals surface area contributed by atoms with E-state index in [2.05, 4.69) is 17.9 Å². The first kappa shape index (κ1) is 11.9. The number of nitrogens with zero attached hydrogens (tertiary/aromatic N) is 2. The molecule has 1 aliphatic carbocycles. The van der Waals surface area contributed by atoms with Crippen molar-refractivity contribution in [1.29, 1.82) is 5.26 Å². The van der Waals surface area contributed by atoms with Crippen molar-refractivity contribution in [2.24, 2.45) is 5.92 Å². The van der Waals surface area contributed by atoms with E-state index >= 15 is 0 Å². The lowest BCUT2D eigenvalue weighted by Crippen LogP contribution is -2.52. The van der Waals surface area contributed by atoms with Gasteiger partial charge in [0, 0.05) is 13.1 Å². The summed E-state index contributed by atoms with van der Waals surface area (Å²) >= 11 is 0. The third-order valence-electron chi connectivity index (χ3n) is 4.16. The molecule has 0 spiro atoms. The summed E-state index contributed by atoms with van der Waals surface area (Å²) in [6.45, 7) is 5.76. The van der Waals surface area contributed by atoms with E-state index in [4.69, 9.17) is 4.74 Å². The predicted molar refractivity (Wildman–Crippen MR) is 63.0 cm³/mol. The summed E-state index contributed by atoms with van der Waals surface area (Å²) in [5.41, 5.74) is -0.186. The Balaban J connectivity index is 2.08. The molecular formula is C13H22N2O. The Hall–Kier alpha value is -0.590. The summed E-state index contributed by atoms with van der Waals surface area (Å²) in [4.78, 5) is 2.37. The molecule has 0 aromatic carbocycles. The number of rotatable bonds is 1. The summed E-state index contributed by atoms with van der Waals surface area (Å²) in [5, 5.41) is 9.57. The van der Waals surface area contributed by atoms with Crippen LogP contribution in [0.4, 0.5) is 0 Å². The van der Waals surface area contributed by atoms with Gasteiger partial charge in [-0.25, -0.2) is 0 Å². The highest BCUT2D eigenvalue weighted by atomic mass is 16.5. The third kappa shape index (κ3) is 2.39. The van der Waals surface area contributed by atoms with E-state index in [1.165, 1.54) is 19.3 Å². The summed E-state index contributed by atoms with van der Waals surface area (Å²) < 4.78 is 5.38. The van der Waals surface area contributed by atoms with Gasteiger partial charge in [0.1, 0.15) is 5.54 Å². The van der Waals surface area contributed by atoms with Gasteiger partial charge in [-0.2, -0.15) is 5.26 Å². The molecule has 1 aliphatic heterocycles. The maximum Gasteiger partial charge on any atom is 0.109 e. The molecule has 1 heterocycles. The zero-order valence-corrected chi connectivity index (χ0v) is 10.2. The van der Waals surface area contributed by atoms with Crippen molar-refractivity contribution in [2.75, 3.05) is 26.3 Å². The van der Waals surface area contributed by atoms with Crippen LogP contribution in [0.25, 0.3) is 0 Å². The number of morpholine rings is 1. The van der Waals surface area contributed by atoms with E-state index in [0.29, 0.717) is 0 Å². The van der Waals surface area contributed by atoms with Crippen LogP contribution in [0.1, 0.15) is 39.0 Å². The van der Waals surface area contributed by atoms with Crippen molar-refractivity contribution in [1.82, 2.24) is 4.90 Å². The van der Waals surface area contributed by atoms with Gasteiger partial charge < -0.3 is 4.74 Å². The third-order valence-corrected chi connectivity index (χ3v) is 4.16. The summed E-state index contributed by atoms with van der Waals surface area (Å²) in [5.74, 6) is 0.788. The van der Waals surface area contributed by atoms with Crippen molar-refractivity contribution < 1.29 is 4.74 Å². The first-order chi connectivity index (χ1) is 7.77. The molecule has 90 valence electrons. The van der Waals surface area contributed by atoms with Gasteiger partial charge in [-0.05, 0) is 25.2 Å². The SMILES string of the molecule is CC1CCCC(C#N)(N2CCOCC2)CC1. The molecule has 3 heteroatoms. The largest absolute Gasteiger partial charge is 0.379 e. The molecule has 1 saturated heterocycles. The molecule has 2 rings (SSSR count). The molecule has 2 fully saturated rings. The molecule has 0 radical (unpaired) electrons. The summed E-state index contributed by atoms with van der Waals surface area (Å²) in [7, 11) is 0. The van der Waals surface area contributed by atoms with E-state index in [1.807, 2.05) is 0 Å². The smallest absolute Gasteiger partial charge is 0.109 e. The van der Waals surface area contributed by atoms with Gasteiger partial charge in [-0.1, -0.05) is 19.8 Å². The summed E-state index contributed by atoms with van der Waals surface area (Å²) in [6.07, 6.45) is 5.78. The fraction of sp³-hybridized carbons (Fsp3) is 0.923. The maximum atomic E-state index is 9.57. The van der Waals surface area contributed by atoms with Crippen LogP contribution in [0.15, 0.2) is 0 Å². The Morgan fingerprint density at radius 3 is 2.69 bits per heavy atom. The Morgan fingerprint density at radius 2 is 2.00 bits per heavy atom. The Morgan fingerprint density at radius 1 is 1.25 bits per heavy atom. The molecule has 2 aliphatic rings. The highest BCUT2D eigenvalue weighted by molar-refractivity contribution is 5.09. The van der Waals surface area contributed by atoms with Gasteiger partial charge >= 0.3 is 0 Å². The van der Waals surface area contributed by atoms with Gasteiger partial charge in [-0.15, -0.1) is 0 Å². The molecule has 0 amide bonds. The lowest BCUT2D eigenvalue weighted by atomic mass is 9.89. The number of ether oxygens (including phenoxy) is 1. The van der Waals surface area contributed by atoms with Gasteiger partial charge in [-0.3, -0.25) is 4.90 Å². The first-order valence-electron chi connectivity index (χ1n) is 6.51. The highest BCUT2D eigenvalue weighted by Gasteiger charge is 2.38. The van der Waals surface area contributed by atoms with Crippen molar-refractivity contribution >= 4 is 0 Å². The number of hydrogen-bond donors (Lipinski definition) is 0. The zero-order chi connectivity index (χ0) is 11.4. The topological polar surface area (TPSA) is 36.3 Å². The fourth-order valence-corrected chi connectivity index (χ4v) is 2.99. The van der Waals surface area contributed by atoms with Gasteiger partial charge in [0.05, 0.1) is 19.3 Å². The van der Waals surface area contributed by atoms with Gasteiger partial charge in [0.15, 0.2) is 0 Å². The Kier molecular flexibility index (Phi) is 3.83. The van der Waals surface area contributed by atoms with E-state index in [-0.39, 0.29) is 5.54 Å². The molecule has 3 nitrogen and oxygen atoms in total. The van der Waals surface area contributed by atoms with Crippen LogP contribution in [-0.4, -0.2) is 36.7 Å².